The molecule has 1 aromatic heterocycles. The minimum Gasteiger partial charge on any atom is -0.485 e. The van der Waals surface area contributed by atoms with Gasteiger partial charge in [-0.2, -0.15) is 0 Å². The predicted molar refractivity (Wildman–Crippen MR) is 95.1 cm³/mol. The Morgan fingerprint density at radius 2 is 1.81 bits per heavy atom. The molecule has 0 aliphatic heterocycles. The number of fused-ring (bicyclic) bond motifs is 1. The molecule has 0 bridgehead atoms. The topological polar surface area (TPSA) is 22.1 Å². The van der Waals surface area contributed by atoms with Crippen LogP contribution in [0.4, 0.5) is 0 Å². The lowest BCUT2D eigenvalue weighted by molar-refractivity contribution is 0.206. The van der Waals surface area contributed by atoms with Gasteiger partial charge in [-0.05, 0) is 36.2 Å². The van der Waals surface area contributed by atoms with Gasteiger partial charge in [-0.3, -0.25) is 4.98 Å². The molecule has 2 nitrogen and oxygen atoms in total. The molecular weight excluding hydrogens is 373 g/mol. The second kappa shape index (κ2) is 6.89. The first-order valence-electron chi connectivity index (χ1n) is 7.00. The standard InChI is InChI=1S/C18H16INO/c19-12-11-17(14-6-2-1-3-7-14)21-18-10-4-9-16-15(18)8-5-13-20-16/h1-10,13,17H,11-12H2. The number of nitrogens with zero attached hydrogens (tertiary/aromatic N) is 1. The molecule has 0 saturated carbocycles. The third-order valence-electron chi connectivity index (χ3n) is 3.42. The fourth-order valence-corrected chi connectivity index (χ4v) is 2.96. The summed E-state index contributed by atoms with van der Waals surface area (Å²) in [7, 11) is 0. The van der Waals surface area contributed by atoms with Gasteiger partial charge in [0.25, 0.3) is 0 Å². The second-order valence-electron chi connectivity index (χ2n) is 4.82. The first-order valence-corrected chi connectivity index (χ1v) is 8.52. The van der Waals surface area contributed by atoms with Crippen molar-refractivity contribution in [1.29, 1.82) is 0 Å². The SMILES string of the molecule is ICCC(Oc1cccc2ncccc12)c1ccccc1. The Morgan fingerprint density at radius 3 is 2.62 bits per heavy atom. The summed E-state index contributed by atoms with van der Waals surface area (Å²) >= 11 is 2.40. The maximum Gasteiger partial charge on any atom is 0.129 e. The molecule has 3 heteroatoms. The summed E-state index contributed by atoms with van der Waals surface area (Å²) in [5.74, 6) is 0.902. The molecule has 3 aromatic rings. The Balaban J connectivity index is 1.95. The Kier molecular flexibility index (Phi) is 4.70. The highest BCUT2D eigenvalue weighted by Gasteiger charge is 2.14. The summed E-state index contributed by atoms with van der Waals surface area (Å²) in [4.78, 5) is 4.39. The summed E-state index contributed by atoms with van der Waals surface area (Å²) in [5.41, 5.74) is 2.19. The number of pyridine rings is 1. The highest BCUT2D eigenvalue weighted by atomic mass is 127. The Hall–Kier alpha value is -1.62. The average molecular weight is 389 g/mol. The van der Waals surface area contributed by atoms with Gasteiger partial charge in [0.2, 0.25) is 0 Å². The van der Waals surface area contributed by atoms with E-state index in [1.165, 1.54) is 5.56 Å². The van der Waals surface area contributed by atoms with Crippen LogP contribution in [0.5, 0.6) is 5.75 Å². The normalized spacial score (nSPS) is 12.2. The smallest absolute Gasteiger partial charge is 0.129 e. The van der Waals surface area contributed by atoms with Crippen LogP contribution in [0.15, 0.2) is 66.9 Å². The highest BCUT2D eigenvalue weighted by molar-refractivity contribution is 14.1. The largest absolute Gasteiger partial charge is 0.485 e. The maximum absolute atomic E-state index is 6.31. The van der Waals surface area contributed by atoms with Crippen LogP contribution in [0.3, 0.4) is 0 Å². The lowest BCUT2D eigenvalue weighted by Crippen LogP contribution is -2.08. The number of ether oxygens (including phenoxy) is 1. The van der Waals surface area contributed by atoms with Gasteiger partial charge in [-0.25, -0.2) is 0 Å². The van der Waals surface area contributed by atoms with Crippen molar-refractivity contribution in [2.24, 2.45) is 0 Å². The van der Waals surface area contributed by atoms with Gasteiger partial charge in [-0.15, -0.1) is 0 Å². The van der Waals surface area contributed by atoms with E-state index in [0.717, 1.165) is 27.5 Å². The van der Waals surface area contributed by atoms with E-state index in [1.54, 1.807) is 0 Å². The lowest BCUT2D eigenvalue weighted by atomic mass is 10.1. The number of aromatic nitrogens is 1. The summed E-state index contributed by atoms with van der Waals surface area (Å²) in [5, 5.41) is 1.06. The van der Waals surface area contributed by atoms with Gasteiger partial charge in [-0.1, -0.05) is 59.0 Å². The summed E-state index contributed by atoms with van der Waals surface area (Å²) in [6, 6.07) is 20.4. The Bertz CT molecular complexity index is 709. The third kappa shape index (κ3) is 3.35. The van der Waals surface area contributed by atoms with E-state index < -0.39 is 0 Å². The van der Waals surface area contributed by atoms with E-state index in [1.807, 2.05) is 36.5 Å². The van der Waals surface area contributed by atoms with Gasteiger partial charge < -0.3 is 4.74 Å². The van der Waals surface area contributed by atoms with E-state index in [4.69, 9.17) is 4.74 Å². The van der Waals surface area contributed by atoms with E-state index in [-0.39, 0.29) is 6.10 Å². The van der Waals surface area contributed by atoms with Crippen LogP contribution in [0.1, 0.15) is 18.1 Å². The fraction of sp³-hybridized carbons (Fsp3) is 0.167. The molecule has 0 radical (unpaired) electrons. The quantitative estimate of drug-likeness (QED) is 0.443. The minimum atomic E-state index is 0.0777. The first kappa shape index (κ1) is 14.3. The molecule has 21 heavy (non-hydrogen) atoms. The van der Waals surface area contributed by atoms with E-state index in [2.05, 4.69) is 57.9 Å². The minimum absolute atomic E-state index is 0.0777. The van der Waals surface area contributed by atoms with Crippen molar-refractivity contribution in [2.45, 2.75) is 12.5 Å². The van der Waals surface area contributed by atoms with Crippen LogP contribution in [-0.2, 0) is 0 Å². The van der Waals surface area contributed by atoms with Crippen molar-refractivity contribution < 1.29 is 4.74 Å². The zero-order chi connectivity index (χ0) is 14.5. The second-order valence-corrected chi connectivity index (χ2v) is 5.90. The van der Waals surface area contributed by atoms with Crippen molar-refractivity contribution in [3.63, 3.8) is 0 Å². The molecule has 0 N–H and O–H groups in total. The number of alkyl halides is 1. The molecule has 1 unspecified atom stereocenters. The van der Waals surface area contributed by atoms with Gasteiger partial charge in [0.15, 0.2) is 0 Å². The monoisotopic (exact) mass is 389 g/mol. The van der Waals surface area contributed by atoms with Crippen LogP contribution in [0.2, 0.25) is 0 Å². The van der Waals surface area contributed by atoms with Crippen LogP contribution in [0, 0.1) is 0 Å². The fourth-order valence-electron chi connectivity index (χ4n) is 2.39. The molecule has 1 atom stereocenters. The number of hydrogen-bond donors (Lipinski definition) is 0. The Labute approximate surface area is 138 Å². The number of benzene rings is 2. The molecule has 0 fully saturated rings. The summed E-state index contributed by atoms with van der Waals surface area (Å²) in [6.45, 7) is 0. The lowest BCUT2D eigenvalue weighted by Gasteiger charge is -2.19. The van der Waals surface area contributed by atoms with Crippen molar-refractivity contribution in [3.8, 4) is 5.75 Å². The van der Waals surface area contributed by atoms with Crippen LogP contribution >= 0.6 is 22.6 Å². The summed E-state index contributed by atoms with van der Waals surface area (Å²) in [6.07, 6.45) is 2.88. The number of rotatable bonds is 5. The number of halogens is 1. The van der Waals surface area contributed by atoms with E-state index in [9.17, 15) is 0 Å². The van der Waals surface area contributed by atoms with Gasteiger partial charge in [0.1, 0.15) is 11.9 Å². The molecule has 0 spiro atoms. The van der Waals surface area contributed by atoms with Gasteiger partial charge in [0.05, 0.1) is 5.52 Å². The van der Waals surface area contributed by atoms with E-state index in [0.29, 0.717) is 0 Å². The molecular formula is C18H16INO. The molecule has 106 valence electrons. The van der Waals surface area contributed by atoms with Crippen molar-refractivity contribution >= 4 is 33.5 Å². The van der Waals surface area contributed by atoms with Crippen LogP contribution < -0.4 is 4.74 Å². The maximum atomic E-state index is 6.31. The molecule has 0 aliphatic carbocycles. The molecule has 0 amide bonds. The Morgan fingerprint density at radius 1 is 0.952 bits per heavy atom. The third-order valence-corrected chi connectivity index (χ3v) is 4.04. The van der Waals surface area contributed by atoms with Crippen molar-refractivity contribution in [3.05, 3.63) is 72.4 Å². The van der Waals surface area contributed by atoms with Crippen molar-refractivity contribution in [2.75, 3.05) is 4.43 Å². The zero-order valence-electron chi connectivity index (χ0n) is 11.6. The van der Waals surface area contributed by atoms with Crippen molar-refractivity contribution in [1.82, 2.24) is 4.98 Å². The molecule has 2 aromatic carbocycles. The molecule has 0 saturated heterocycles. The van der Waals surface area contributed by atoms with Crippen LogP contribution in [0.25, 0.3) is 10.9 Å². The average Bonchev–Trinajstić information content (AvgIpc) is 2.55. The molecule has 3 rings (SSSR count). The zero-order valence-corrected chi connectivity index (χ0v) is 13.7. The molecule has 0 aliphatic rings. The van der Waals surface area contributed by atoms with Gasteiger partial charge in [0, 0.05) is 16.0 Å². The molecule has 1 heterocycles. The van der Waals surface area contributed by atoms with Crippen LogP contribution in [-0.4, -0.2) is 9.41 Å². The highest BCUT2D eigenvalue weighted by Crippen LogP contribution is 2.30. The van der Waals surface area contributed by atoms with E-state index >= 15 is 0 Å². The predicted octanol–water partition coefficient (Wildman–Crippen LogP) is 5.18. The first-order chi connectivity index (χ1) is 10.4. The number of hydrogen-bond acceptors (Lipinski definition) is 2. The summed E-state index contributed by atoms with van der Waals surface area (Å²) < 4.78 is 7.37. The van der Waals surface area contributed by atoms with Gasteiger partial charge >= 0.3 is 0 Å².